The van der Waals surface area contributed by atoms with E-state index >= 15 is 0 Å². The summed E-state index contributed by atoms with van der Waals surface area (Å²) in [4.78, 5) is 0. The largest absolute Gasteiger partial charge is 0.309 e. The molecule has 124 heavy (non-hydrogen) atoms. The zero-order valence-electron chi connectivity index (χ0n) is 67.5. The Balaban J connectivity index is 0.000000130. The monoisotopic (exact) mass is 1570 g/mol. The van der Waals surface area contributed by atoms with Crippen molar-refractivity contribution in [2.45, 2.75) is 10.8 Å². The van der Waals surface area contributed by atoms with Gasteiger partial charge in [-0.15, -0.1) is 0 Å². The molecule has 0 aliphatic heterocycles. The predicted molar refractivity (Wildman–Crippen MR) is 517 cm³/mol. The zero-order chi connectivity index (χ0) is 81.0. The van der Waals surface area contributed by atoms with Crippen molar-refractivity contribution in [3.63, 3.8) is 0 Å². The van der Waals surface area contributed by atoms with Crippen LogP contribution in [-0.2, 0) is 10.8 Å². The lowest BCUT2D eigenvalue weighted by Crippen LogP contribution is -2.26. The van der Waals surface area contributed by atoms with Gasteiger partial charge in [0.2, 0.25) is 0 Å². The summed E-state index contributed by atoms with van der Waals surface area (Å²) in [6.07, 6.45) is 0. The molecule has 24 aromatic rings. The van der Waals surface area contributed by atoms with Crippen LogP contribution in [0.25, 0.3) is 199 Å². The van der Waals surface area contributed by atoms with E-state index in [1.54, 1.807) is 0 Å². The van der Waals surface area contributed by atoms with Crippen molar-refractivity contribution in [2.24, 2.45) is 0 Å². The number of nitrogens with zero attached hydrogens (tertiary/aromatic N) is 4. The van der Waals surface area contributed by atoms with Gasteiger partial charge in [-0.1, -0.05) is 334 Å². The van der Waals surface area contributed by atoms with Crippen molar-refractivity contribution in [2.75, 3.05) is 0 Å². The first-order valence-corrected chi connectivity index (χ1v) is 43.2. The first-order chi connectivity index (χ1) is 61.5. The maximum absolute atomic E-state index is 2.51. The lowest BCUT2D eigenvalue weighted by atomic mass is 9.70. The number of aromatic nitrogens is 4. The van der Waals surface area contributed by atoms with Crippen molar-refractivity contribution in [3.8, 4) is 101 Å². The van der Waals surface area contributed by atoms with Gasteiger partial charge in [-0.2, -0.15) is 0 Å². The van der Waals surface area contributed by atoms with Crippen LogP contribution in [0.5, 0.6) is 0 Å². The topological polar surface area (TPSA) is 19.7 Å². The highest BCUT2D eigenvalue weighted by molar-refractivity contribution is 6.15. The van der Waals surface area contributed by atoms with Gasteiger partial charge in [0, 0.05) is 65.5 Å². The molecule has 0 atom stereocenters. The van der Waals surface area contributed by atoms with E-state index in [1.165, 1.54) is 237 Å². The molecule has 4 aliphatic carbocycles. The van der Waals surface area contributed by atoms with Crippen LogP contribution in [0, 0.1) is 0 Å². The van der Waals surface area contributed by atoms with Gasteiger partial charge in [0.15, 0.2) is 0 Å². The highest BCUT2D eigenvalue weighted by atomic mass is 15.0. The molecule has 0 bridgehead atoms. The van der Waals surface area contributed by atoms with Crippen molar-refractivity contribution in [3.05, 3.63) is 493 Å². The molecule has 0 saturated carbocycles. The molecule has 0 unspecified atom stereocenters. The average molecular weight is 1570 g/mol. The molecule has 0 fully saturated rings. The van der Waals surface area contributed by atoms with Crippen molar-refractivity contribution >= 4 is 98.0 Å². The SMILES string of the molecule is c1ccc(-c2ccc(-n3c4ccccc4c4cc(-c5ccc6c(c5)C5(c7ccccc7-c7ccccc75)c5cc(-n7c8ccccc8c8ccccc87)ccc5-6)ccc43)cc2)cc1.c1ccc2c(c1)-c1ccccc1C21c2cc(-c3ccc4c(c3)c3ccccc3n4-c3cccc4ccccc34)ccc2-c2ccc(-n3c4ccccc4c4ccccc43)cc21. The first kappa shape index (κ1) is 68.7. The molecule has 4 aliphatic rings. The van der Waals surface area contributed by atoms with Crippen LogP contribution in [0.3, 0.4) is 0 Å². The molecule has 0 radical (unpaired) electrons. The molecule has 2 spiro atoms. The second-order valence-corrected chi connectivity index (χ2v) is 34.0. The smallest absolute Gasteiger partial charge is 0.0726 e. The number of rotatable bonds is 7. The Morgan fingerprint density at radius 1 is 0.137 bits per heavy atom. The van der Waals surface area contributed by atoms with Crippen molar-refractivity contribution in [1.82, 2.24) is 18.3 Å². The Morgan fingerprint density at radius 2 is 0.403 bits per heavy atom. The third-order valence-electron chi connectivity index (χ3n) is 28.1. The zero-order valence-corrected chi connectivity index (χ0v) is 67.5. The molecule has 4 heterocycles. The van der Waals surface area contributed by atoms with Gasteiger partial charge in [0.25, 0.3) is 0 Å². The first-order valence-electron chi connectivity index (χ1n) is 43.2. The van der Waals surface area contributed by atoms with Gasteiger partial charge in [0.1, 0.15) is 0 Å². The second kappa shape index (κ2) is 26.2. The molecule has 0 saturated heterocycles. The summed E-state index contributed by atoms with van der Waals surface area (Å²) in [7, 11) is 0. The van der Waals surface area contributed by atoms with Gasteiger partial charge in [0.05, 0.1) is 60.7 Å². The van der Waals surface area contributed by atoms with Crippen LogP contribution in [0.1, 0.15) is 44.5 Å². The van der Waals surface area contributed by atoms with E-state index in [2.05, 4.69) is 467 Å². The standard InChI is InChI=1S/C61H38N2.C59H36N2/c1-2-14-39(15-3-1)40-26-30-43(31-27-40)62-59-25-13-8-20-51(59)52-36-41(29-35-60(52)62)42-28-33-47-48-34-32-44(63-57-23-11-6-18-49(57)50-19-7-12-24-58(50)63)38-56(48)61(55(47)37-42)53-21-9-4-16-45(53)46-17-5-10-22-54(46)61;1-2-16-41-37(14-1)15-13-27-54(41)61-57-26-12-7-21-48(57)49-34-38(29-33-58(49)61)39-28-31-44-45-32-30-40(60-55-24-10-5-19-46(55)47-20-6-11-25-56(47)60)36-53(45)59(52(44)35-39)50-22-8-3-17-42(50)43-18-4-9-23-51(43)59/h1-38H;1-36H. The number of hydrogen-bond donors (Lipinski definition) is 0. The molecular formula is C120H74N4. The molecule has 28 rings (SSSR count). The molecule has 0 amide bonds. The van der Waals surface area contributed by atoms with Gasteiger partial charge in [-0.05, 0) is 243 Å². The second-order valence-electron chi connectivity index (χ2n) is 34.0. The van der Waals surface area contributed by atoms with E-state index < -0.39 is 10.8 Å². The fraction of sp³-hybridized carbons (Fsp3) is 0.0167. The molecule has 4 nitrogen and oxygen atoms in total. The fourth-order valence-electron chi connectivity index (χ4n) is 23.0. The lowest BCUT2D eigenvalue weighted by Gasteiger charge is -2.31. The van der Waals surface area contributed by atoms with Crippen LogP contribution < -0.4 is 0 Å². The molecule has 0 N–H and O–H groups in total. The Hall–Kier alpha value is -16.1. The van der Waals surface area contributed by atoms with Gasteiger partial charge >= 0.3 is 0 Å². The summed E-state index contributed by atoms with van der Waals surface area (Å²) < 4.78 is 9.79. The molecule has 4 aromatic heterocycles. The summed E-state index contributed by atoms with van der Waals surface area (Å²) in [5.41, 5.74) is 42.0. The van der Waals surface area contributed by atoms with Crippen molar-refractivity contribution in [1.29, 1.82) is 0 Å². The number of fused-ring (bicyclic) bond motifs is 33. The normalized spacial score (nSPS) is 13.3. The Bertz CT molecular complexity index is 8490. The Kier molecular flexibility index (Phi) is 14.5. The van der Waals surface area contributed by atoms with Crippen LogP contribution in [-0.4, -0.2) is 18.3 Å². The van der Waals surface area contributed by atoms with E-state index in [0.717, 1.165) is 5.69 Å². The van der Waals surface area contributed by atoms with E-state index in [-0.39, 0.29) is 0 Å². The summed E-state index contributed by atoms with van der Waals surface area (Å²) in [6.45, 7) is 0. The molecular weight excluding hydrogens is 1500 g/mol. The molecule has 20 aromatic carbocycles. The quantitative estimate of drug-likeness (QED) is 0.152. The predicted octanol–water partition coefficient (Wildman–Crippen LogP) is 30.6. The number of hydrogen-bond acceptors (Lipinski definition) is 0. The van der Waals surface area contributed by atoms with Crippen LogP contribution in [0.4, 0.5) is 0 Å². The summed E-state index contributed by atoms with van der Waals surface area (Å²) >= 11 is 0. The minimum absolute atomic E-state index is 0.489. The molecule has 574 valence electrons. The fourth-order valence-corrected chi connectivity index (χ4v) is 23.0. The van der Waals surface area contributed by atoms with Crippen molar-refractivity contribution < 1.29 is 0 Å². The third-order valence-corrected chi connectivity index (χ3v) is 28.1. The summed E-state index contributed by atoms with van der Waals surface area (Å²) in [6, 6.07) is 167. The Morgan fingerprint density at radius 3 is 0.831 bits per heavy atom. The van der Waals surface area contributed by atoms with E-state index in [4.69, 9.17) is 0 Å². The maximum atomic E-state index is 2.51. The van der Waals surface area contributed by atoms with Gasteiger partial charge in [-0.25, -0.2) is 0 Å². The van der Waals surface area contributed by atoms with Gasteiger partial charge in [-0.3, -0.25) is 0 Å². The Labute approximate surface area is 716 Å². The summed E-state index contributed by atoms with van der Waals surface area (Å²) in [5, 5.41) is 12.6. The molecule has 4 heteroatoms. The van der Waals surface area contributed by atoms with Gasteiger partial charge < -0.3 is 18.3 Å². The van der Waals surface area contributed by atoms with Crippen LogP contribution in [0.15, 0.2) is 449 Å². The number of benzene rings is 20. The van der Waals surface area contributed by atoms with E-state index in [1.807, 2.05) is 0 Å². The van der Waals surface area contributed by atoms with Crippen LogP contribution >= 0.6 is 0 Å². The summed E-state index contributed by atoms with van der Waals surface area (Å²) in [5.74, 6) is 0. The highest BCUT2D eigenvalue weighted by Gasteiger charge is 2.54. The third kappa shape index (κ3) is 9.46. The lowest BCUT2D eigenvalue weighted by molar-refractivity contribution is 0.793. The maximum Gasteiger partial charge on any atom is 0.0726 e. The number of para-hydroxylation sites is 6. The minimum atomic E-state index is -0.491. The average Bonchev–Trinajstić information content (AvgIpc) is 1.51. The highest BCUT2D eigenvalue weighted by Crippen LogP contribution is 2.66. The minimum Gasteiger partial charge on any atom is -0.309 e. The van der Waals surface area contributed by atoms with E-state index in [0.29, 0.717) is 0 Å². The van der Waals surface area contributed by atoms with Crippen LogP contribution in [0.2, 0.25) is 0 Å². The van der Waals surface area contributed by atoms with E-state index in [9.17, 15) is 0 Å².